The van der Waals surface area contributed by atoms with Crippen LogP contribution >= 0.6 is 24.0 Å². The van der Waals surface area contributed by atoms with E-state index in [1.165, 1.54) is 5.56 Å². The Balaban J connectivity index is 0.00000441. The molecule has 0 aliphatic carbocycles. The molecule has 4 nitrogen and oxygen atoms in total. The highest BCUT2D eigenvalue weighted by atomic mass is 127. The summed E-state index contributed by atoms with van der Waals surface area (Å²) in [4.78, 5) is 11.2. The molecule has 0 heterocycles. The van der Waals surface area contributed by atoms with Gasteiger partial charge in [0, 0.05) is 47.3 Å². The van der Waals surface area contributed by atoms with Crippen LogP contribution in [0.3, 0.4) is 0 Å². The topological polar surface area (TPSA) is 22.1 Å². The number of nitrogens with zero attached hydrogens (tertiary/aromatic N) is 4. The van der Waals surface area contributed by atoms with Crippen LogP contribution in [0.5, 0.6) is 0 Å². The van der Waals surface area contributed by atoms with E-state index in [9.17, 15) is 0 Å². The third-order valence-corrected chi connectivity index (χ3v) is 3.63. The predicted octanol–water partition coefficient (Wildman–Crippen LogP) is 2.99. The van der Waals surface area contributed by atoms with E-state index in [2.05, 4.69) is 59.0 Å². The van der Waals surface area contributed by atoms with Gasteiger partial charge in [-0.05, 0) is 26.0 Å². The van der Waals surface area contributed by atoms with Gasteiger partial charge in [-0.2, -0.15) is 0 Å². The van der Waals surface area contributed by atoms with Gasteiger partial charge in [0.1, 0.15) is 0 Å². The number of aliphatic imine (C=N–C) groups is 1. The molecule has 0 saturated carbocycles. The summed E-state index contributed by atoms with van der Waals surface area (Å²) in [5, 5.41) is 0. The van der Waals surface area contributed by atoms with Gasteiger partial charge in [0.2, 0.25) is 0 Å². The van der Waals surface area contributed by atoms with Crippen LogP contribution < -0.4 is 0 Å². The first-order valence-electron chi connectivity index (χ1n) is 7.55. The number of hydrogen-bond donors (Lipinski definition) is 0. The summed E-state index contributed by atoms with van der Waals surface area (Å²) in [6, 6.07) is 11.1. The molecule has 126 valence electrons. The molecule has 0 N–H and O–H groups in total. The number of benzene rings is 1. The largest absolute Gasteiger partial charge is 0.349 e. The Morgan fingerprint density at radius 2 is 1.55 bits per heavy atom. The summed E-state index contributed by atoms with van der Waals surface area (Å²) < 4.78 is 0. The highest BCUT2D eigenvalue weighted by Crippen LogP contribution is 2.08. The van der Waals surface area contributed by atoms with E-state index < -0.39 is 0 Å². The highest BCUT2D eigenvalue weighted by molar-refractivity contribution is 14.0. The van der Waals surface area contributed by atoms with Crippen molar-refractivity contribution in [3.63, 3.8) is 0 Å². The molecule has 1 aromatic carbocycles. The number of hydrogen-bond acceptors (Lipinski definition) is 2. The molecule has 22 heavy (non-hydrogen) atoms. The molecule has 0 radical (unpaired) electrons. The maximum atomic E-state index is 4.69. The van der Waals surface area contributed by atoms with Crippen molar-refractivity contribution in [2.24, 2.45) is 4.99 Å². The zero-order chi connectivity index (χ0) is 15.8. The van der Waals surface area contributed by atoms with E-state index in [4.69, 9.17) is 4.99 Å². The van der Waals surface area contributed by atoms with Gasteiger partial charge in [0.25, 0.3) is 0 Å². The molecule has 1 unspecified atom stereocenters. The van der Waals surface area contributed by atoms with Crippen LogP contribution in [-0.2, 0) is 6.54 Å². The van der Waals surface area contributed by atoms with Gasteiger partial charge < -0.3 is 9.80 Å². The van der Waals surface area contributed by atoms with Crippen molar-refractivity contribution in [2.75, 3.05) is 41.8 Å². The van der Waals surface area contributed by atoms with E-state index in [1.807, 2.05) is 28.2 Å². The summed E-state index contributed by atoms with van der Waals surface area (Å²) in [5.41, 5.74) is 1.36. The smallest absolute Gasteiger partial charge is 0.195 e. The first-order chi connectivity index (χ1) is 9.91. The lowest BCUT2D eigenvalue weighted by atomic mass is 10.1. The average Bonchev–Trinajstić information content (AvgIpc) is 2.43. The van der Waals surface area contributed by atoms with Gasteiger partial charge in [-0.3, -0.25) is 9.89 Å². The van der Waals surface area contributed by atoms with Gasteiger partial charge in [-0.1, -0.05) is 30.3 Å². The van der Waals surface area contributed by atoms with E-state index in [0.29, 0.717) is 6.04 Å². The Morgan fingerprint density at radius 3 is 2.05 bits per heavy atom. The summed E-state index contributed by atoms with van der Waals surface area (Å²) >= 11 is 0. The van der Waals surface area contributed by atoms with Crippen molar-refractivity contribution in [1.82, 2.24) is 14.7 Å². The van der Waals surface area contributed by atoms with E-state index in [-0.39, 0.29) is 24.0 Å². The Labute approximate surface area is 153 Å². The van der Waals surface area contributed by atoms with Gasteiger partial charge in [-0.15, -0.1) is 24.0 Å². The Kier molecular flexibility index (Phi) is 10.4. The molecule has 1 atom stereocenters. The van der Waals surface area contributed by atoms with Crippen LogP contribution in [0.15, 0.2) is 35.3 Å². The molecule has 1 rings (SSSR count). The zero-order valence-corrected chi connectivity index (χ0v) is 17.1. The van der Waals surface area contributed by atoms with E-state index >= 15 is 0 Å². The van der Waals surface area contributed by atoms with Crippen LogP contribution in [0.4, 0.5) is 0 Å². The second-order valence-electron chi connectivity index (χ2n) is 6.01. The third kappa shape index (κ3) is 7.45. The van der Waals surface area contributed by atoms with Crippen molar-refractivity contribution in [1.29, 1.82) is 0 Å². The van der Waals surface area contributed by atoms with Crippen molar-refractivity contribution in [3.05, 3.63) is 35.9 Å². The SMILES string of the molecule is CC(CCN=C(N(C)C)N(C)C)N(C)Cc1ccccc1.I. The minimum atomic E-state index is 0. The second-order valence-corrected chi connectivity index (χ2v) is 6.01. The first kappa shape index (κ1) is 21.2. The average molecular weight is 418 g/mol. The lowest BCUT2D eigenvalue weighted by Gasteiger charge is -2.25. The maximum Gasteiger partial charge on any atom is 0.195 e. The quantitative estimate of drug-likeness (QED) is 0.403. The monoisotopic (exact) mass is 418 g/mol. The minimum Gasteiger partial charge on any atom is -0.349 e. The van der Waals surface area contributed by atoms with Crippen LogP contribution in [0.25, 0.3) is 0 Å². The summed E-state index contributed by atoms with van der Waals surface area (Å²) in [7, 11) is 10.3. The van der Waals surface area contributed by atoms with Crippen LogP contribution in [0, 0.1) is 0 Å². The fourth-order valence-corrected chi connectivity index (χ4v) is 2.28. The lowest BCUT2D eigenvalue weighted by Crippen LogP contribution is -2.36. The standard InChI is InChI=1S/C17H30N4.HI/c1-15(12-13-18-17(19(2)3)20(4)5)21(6)14-16-10-8-7-9-11-16;/h7-11,15H,12-14H2,1-6H3;1H. The van der Waals surface area contributed by atoms with Crippen LogP contribution in [0.1, 0.15) is 18.9 Å². The van der Waals surface area contributed by atoms with Crippen molar-refractivity contribution < 1.29 is 0 Å². The summed E-state index contributed by atoms with van der Waals surface area (Å²) in [5.74, 6) is 1.02. The highest BCUT2D eigenvalue weighted by Gasteiger charge is 2.10. The molecular formula is C17H31IN4. The normalized spacial score (nSPS) is 11.6. The number of halogens is 1. The van der Waals surface area contributed by atoms with Gasteiger partial charge in [0.15, 0.2) is 5.96 Å². The fourth-order valence-electron chi connectivity index (χ4n) is 2.28. The van der Waals surface area contributed by atoms with Crippen molar-refractivity contribution in [2.45, 2.75) is 25.9 Å². The lowest BCUT2D eigenvalue weighted by molar-refractivity contribution is 0.240. The molecule has 5 heteroatoms. The molecule has 0 aliphatic rings. The van der Waals surface area contributed by atoms with E-state index in [1.54, 1.807) is 0 Å². The van der Waals surface area contributed by atoms with Crippen molar-refractivity contribution in [3.8, 4) is 0 Å². The Morgan fingerprint density at radius 1 is 1.00 bits per heavy atom. The maximum absolute atomic E-state index is 4.69. The number of rotatable bonds is 6. The minimum absolute atomic E-state index is 0. The van der Waals surface area contributed by atoms with Crippen molar-refractivity contribution >= 4 is 29.9 Å². The second kappa shape index (κ2) is 10.8. The predicted molar refractivity (Wildman–Crippen MR) is 107 cm³/mol. The third-order valence-electron chi connectivity index (χ3n) is 3.63. The summed E-state index contributed by atoms with van der Waals surface area (Å²) in [6.07, 6.45) is 1.06. The van der Waals surface area contributed by atoms with Gasteiger partial charge >= 0.3 is 0 Å². The van der Waals surface area contributed by atoms with Gasteiger partial charge in [0.05, 0.1) is 0 Å². The van der Waals surface area contributed by atoms with Crippen LogP contribution in [0.2, 0.25) is 0 Å². The van der Waals surface area contributed by atoms with Crippen LogP contribution in [-0.4, -0.2) is 68.5 Å². The molecule has 0 aromatic heterocycles. The zero-order valence-electron chi connectivity index (χ0n) is 14.8. The molecule has 0 saturated heterocycles. The molecule has 1 aromatic rings. The molecule has 0 amide bonds. The number of guanidine groups is 1. The molecule has 0 fully saturated rings. The molecule has 0 bridgehead atoms. The molecular weight excluding hydrogens is 387 g/mol. The Hall–Kier alpha value is -0.820. The fraction of sp³-hybridized carbons (Fsp3) is 0.588. The molecule has 0 spiro atoms. The van der Waals surface area contributed by atoms with Gasteiger partial charge in [-0.25, -0.2) is 0 Å². The Bertz CT molecular complexity index is 422. The summed E-state index contributed by atoms with van der Waals surface area (Å²) in [6.45, 7) is 4.11. The van der Waals surface area contributed by atoms with E-state index in [0.717, 1.165) is 25.5 Å². The first-order valence-corrected chi connectivity index (χ1v) is 7.55. The molecule has 0 aliphatic heterocycles.